The number of oxime groups is 1. The molecule has 7 nitrogen and oxygen atoms in total. The molecule has 0 aliphatic heterocycles. The van der Waals surface area contributed by atoms with Crippen molar-refractivity contribution < 1.29 is 5.21 Å². The van der Waals surface area contributed by atoms with Crippen LogP contribution in [0.25, 0.3) is 0 Å². The third-order valence-corrected chi connectivity index (χ3v) is 3.09. The molecule has 0 spiro atoms. The minimum absolute atomic E-state index is 0.0622. The maximum absolute atomic E-state index is 8.92. The lowest BCUT2D eigenvalue weighted by Crippen LogP contribution is -2.24. The summed E-state index contributed by atoms with van der Waals surface area (Å²) in [6, 6.07) is 3.89. The monoisotopic (exact) mass is 274 g/mol. The van der Waals surface area contributed by atoms with Crippen LogP contribution in [0.15, 0.2) is 29.7 Å². The van der Waals surface area contributed by atoms with Gasteiger partial charge in [-0.25, -0.2) is 0 Å². The van der Waals surface area contributed by atoms with Crippen molar-refractivity contribution in [1.82, 2.24) is 14.8 Å². The Morgan fingerprint density at radius 1 is 1.45 bits per heavy atom. The van der Waals surface area contributed by atoms with Gasteiger partial charge in [-0.3, -0.25) is 9.67 Å². The lowest BCUT2D eigenvalue weighted by molar-refractivity contribution is 0.318. The molecule has 0 fully saturated rings. The lowest BCUT2D eigenvalue weighted by Gasteiger charge is -2.20. The predicted molar refractivity (Wildman–Crippen MR) is 76.8 cm³/mol. The molecule has 0 saturated heterocycles. The van der Waals surface area contributed by atoms with E-state index in [1.54, 1.807) is 17.1 Å². The predicted octanol–water partition coefficient (Wildman–Crippen LogP) is 0.854. The molecule has 2 aromatic rings. The quantitative estimate of drug-likeness (QED) is 0.373. The Kier molecular flexibility index (Phi) is 3.88. The Labute approximate surface area is 117 Å². The van der Waals surface area contributed by atoms with Crippen molar-refractivity contribution in [3.05, 3.63) is 41.3 Å². The Bertz CT molecular complexity index is 619. The number of hydrogen-bond donors (Lipinski definition) is 2. The number of nitrogens with zero attached hydrogens (tertiary/aromatic N) is 5. The van der Waals surface area contributed by atoms with E-state index in [4.69, 9.17) is 10.9 Å². The summed E-state index contributed by atoms with van der Waals surface area (Å²) < 4.78 is 1.73. The van der Waals surface area contributed by atoms with Gasteiger partial charge in [-0.15, -0.1) is 0 Å². The van der Waals surface area contributed by atoms with Gasteiger partial charge in [0.15, 0.2) is 5.84 Å². The van der Waals surface area contributed by atoms with Crippen LogP contribution in [-0.4, -0.2) is 32.9 Å². The van der Waals surface area contributed by atoms with Crippen LogP contribution in [0.3, 0.4) is 0 Å². The number of anilines is 1. The minimum Gasteiger partial charge on any atom is -0.409 e. The van der Waals surface area contributed by atoms with E-state index in [2.05, 4.69) is 15.2 Å². The summed E-state index contributed by atoms with van der Waals surface area (Å²) in [5, 5.41) is 16.3. The molecule has 0 amide bonds. The fourth-order valence-corrected chi connectivity index (χ4v) is 2.27. The zero-order chi connectivity index (χ0) is 14.7. The molecular weight excluding hydrogens is 256 g/mol. The third-order valence-electron chi connectivity index (χ3n) is 3.09. The molecule has 3 N–H and O–H groups in total. The third kappa shape index (κ3) is 2.56. The molecule has 0 aliphatic carbocycles. The minimum atomic E-state index is 0.0622. The van der Waals surface area contributed by atoms with Gasteiger partial charge in [0.25, 0.3) is 0 Å². The van der Waals surface area contributed by atoms with E-state index >= 15 is 0 Å². The molecular formula is C13H18N6O. The van der Waals surface area contributed by atoms with Crippen molar-refractivity contribution in [2.75, 3.05) is 11.9 Å². The van der Waals surface area contributed by atoms with Crippen molar-refractivity contribution in [3.63, 3.8) is 0 Å². The molecule has 0 saturated carbocycles. The number of nitrogens with two attached hydrogens (primary N) is 1. The second kappa shape index (κ2) is 5.60. The van der Waals surface area contributed by atoms with E-state index in [1.807, 2.05) is 38.1 Å². The lowest BCUT2D eigenvalue weighted by atomic mass is 10.2. The van der Waals surface area contributed by atoms with Gasteiger partial charge < -0.3 is 15.8 Å². The molecule has 2 heterocycles. The van der Waals surface area contributed by atoms with E-state index < -0.39 is 0 Å². The number of hydrogen-bond acceptors (Lipinski definition) is 5. The summed E-state index contributed by atoms with van der Waals surface area (Å²) in [6.45, 7) is 2.50. The van der Waals surface area contributed by atoms with Crippen LogP contribution >= 0.6 is 0 Å². The zero-order valence-electron chi connectivity index (χ0n) is 11.8. The Morgan fingerprint density at radius 3 is 2.70 bits per heavy atom. The standard InChI is InChI=1S/C13H18N6O/c1-9-11(12(14)17-20)13(19(3)16-9)18(2)8-10-4-6-15-7-5-10/h4-7,20H,8H2,1-3H3,(H2,14,17). The average molecular weight is 274 g/mol. The van der Waals surface area contributed by atoms with Crippen molar-refractivity contribution in [2.24, 2.45) is 17.9 Å². The maximum atomic E-state index is 8.92. The summed E-state index contributed by atoms with van der Waals surface area (Å²) in [5.74, 6) is 0.863. The van der Waals surface area contributed by atoms with Crippen molar-refractivity contribution >= 4 is 11.7 Å². The maximum Gasteiger partial charge on any atom is 0.175 e. The number of pyridine rings is 1. The molecule has 0 radical (unpaired) electrons. The Hall–Kier alpha value is -2.57. The second-order valence-electron chi connectivity index (χ2n) is 4.60. The SMILES string of the molecule is Cc1nn(C)c(N(C)Cc2ccncc2)c1C(N)=NO. The highest BCUT2D eigenvalue weighted by Crippen LogP contribution is 2.23. The van der Waals surface area contributed by atoms with Crippen molar-refractivity contribution in [1.29, 1.82) is 0 Å². The topological polar surface area (TPSA) is 92.6 Å². The molecule has 0 atom stereocenters. The fraction of sp³-hybridized carbons (Fsp3) is 0.308. The van der Waals surface area contributed by atoms with E-state index in [0.29, 0.717) is 12.1 Å². The normalized spacial score (nSPS) is 11.7. The van der Waals surface area contributed by atoms with Gasteiger partial charge in [0.1, 0.15) is 5.82 Å². The Balaban J connectivity index is 2.37. The highest BCUT2D eigenvalue weighted by Gasteiger charge is 2.20. The van der Waals surface area contributed by atoms with Crippen LogP contribution in [0.4, 0.5) is 5.82 Å². The fourth-order valence-electron chi connectivity index (χ4n) is 2.27. The molecule has 106 valence electrons. The van der Waals surface area contributed by atoms with Crippen LogP contribution in [0.2, 0.25) is 0 Å². The van der Waals surface area contributed by atoms with Crippen LogP contribution in [0.1, 0.15) is 16.8 Å². The van der Waals surface area contributed by atoms with Crippen LogP contribution in [0.5, 0.6) is 0 Å². The molecule has 0 aromatic carbocycles. The van der Waals surface area contributed by atoms with Crippen LogP contribution in [-0.2, 0) is 13.6 Å². The van der Waals surface area contributed by atoms with E-state index in [9.17, 15) is 0 Å². The van der Waals surface area contributed by atoms with Gasteiger partial charge in [-0.2, -0.15) is 5.10 Å². The van der Waals surface area contributed by atoms with Gasteiger partial charge >= 0.3 is 0 Å². The summed E-state index contributed by atoms with van der Waals surface area (Å²) in [5.41, 5.74) is 8.23. The summed E-state index contributed by atoms with van der Waals surface area (Å²) in [4.78, 5) is 6.00. The first-order chi connectivity index (χ1) is 9.54. The number of amidine groups is 1. The molecule has 2 rings (SSSR count). The van der Waals surface area contributed by atoms with Gasteiger partial charge in [0, 0.05) is 33.0 Å². The van der Waals surface area contributed by atoms with Gasteiger partial charge in [0.05, 0.1) is 11.3 Å². The van der Waals surface area contributed by atoms with Crippen LogP contribution in [0, 0.1) is 6.92 Å². The molecule has 20 heavy (non-hydrogen) atoms. The van der Waals surface area contributed by atoms with Crippen molar-refractivity contribution in [2.45, 2.75) is 13.5 Å². The first-order valence-electron chi connectivity index (χ1n) is 6.16. The smallest absolute Gasteiger partial charge is 0.175 e. The second-order valence-corrected chi connectivity index (χ2v) is 4.60. The largest absolute Gasteiger partial charge is 0.409 e. The highest BCUT2D eigenvalue weighted by molar-refractivity contribution is 6.02. The van der Waals surface area contributed by atoms with E-state index in [0.717, 1.165) is 17.1 Å². The van der Waals surface area contributed by atoms with Gasteiger partial charge in [0.2, 0.25) is 0 Å². The number of aryl methyl sites for hydroxylation is 2. The average Bonchev–Trinajstić information content (AvgIpc) is 2.73. The summed E-state index contributed by atoms with van der Waals surface area (Å²) >= 11 is 0. The first kappa shape index (κ1) is 13.9. The molecule has 0 aliphatic rings. The van der Waals surface area contributed by atoms with Gasteiger partial charge in [-0.05, 0) is 24.6 Å². The highest BCUT2D eigenvalue weighted by atomic mass is 16.4. The molecule has 2 aromatic heterocycles. The zero-order valence-corrected chi connectivity index (χ0v) is 11.8. The Morgan fingerprint density at radius 2 is 2.10 bits per heavy atom. The number of rotatable bonds is 4. The molecule has 7 heteroatoms. The molecule has 0 bridgehead atoms. The van der Waals surface area contributed by atoms with E-state index in [-0.39, 0.29) is 5.84 Å². The first-order valence-corrected chi connectivity index (χ1v) is 6.16. The van der Waals surface area contributed by atoms with Crippen molar-refractivity contribution in [3.8, 4) is 0 Å². The van der Waals surface area contributed by atoms with Gasteiger partial charge in [-0.1, -0.05) is 5.16 Å². The summed E-state index contributed by atoms with van der Waals surface area (Å²) in [6.07, 6.45) is 3.50. The molecule has 0 unspecified atom stereocenters. The van der Waals surface area contributed by atoms with Crippen LogP contribution < -0.4 is 10.6 Å². The number of aromatic nitrogens is 3. The summed E-state index contributed by atoms with van der Waals surface area (Å²) in [7, 11) is 3.77. The van der Waals surface area contributed by atoms with E-state index in [1.165, 1.54) is 0 Å².